The van der Waals surface area contributed by atoms with E-state index in [1.165, 1.54) is 6.07 Å². The van der Waals surface area contributed by atoms with Gasteiger partial charge < -0.3 is 0 Å². The SMILES string of the molecule is [CH2+]c1ccc(C)c(F)c1. The van der Waals surface area contributed by atoms with Crippen LogP contribution in [0.15, 0.2) is 18.2 Å². The lowest BCUT2D eigenvalue weighted by molar-refractivity contribution is 0.618. The van der Waals surface area contributed by atoms with Crippen molar-refractivity contribution in [3.63, 3.8) is 0 Å². The van der Waals surface area contributed by atoms with Crippen LogP contribution < -0.4 is 0 Å². The molecule has 1 rings (SSSR count). The Morgan fingerprint density at radius 2 is 2.11 bits per heavy atom. The number of benzene rings is 1. The molecule has 0 amide bonds. The van der Waals surface area contributed by atoms with E-state index in [0.717, 1.165) is 5.56 Å². The third kappa shape index (κ3) is 1.22. The Morgan fingerprint density at radius 3 is 2.56 bits per heavy atom. The maximum absolute atomic E-state index is 12.5. The molecule has 0 bridgehead atoms. The van der Waals surface area contributed by atoms with E-state index < -0.39 is 0 Å². The van der Waals surface area contributed by atoms with Gasteiger partial charge in [-0.3, -0.25) is 0 Å². The number of hydrogen-bond acceptors (Lipinski definition) is 0. The van der Waals surface area contributed by atoms with Crippen LogP contribution in [-0.2, 0) is 0 Å². The highest BCUT2D eigenvalue weighted by molar-refractivity contribution is 5.24. The summed E-state index contributed by atoms with van der Waals surface area (Å²) in [6.07, 6.45) is 0. The Balaban J connectivity index is 3.17. The van der Waals surface area contributed by atoms with Crippen molar-refractivity contribution in [2.75, 3.05) is 0 Å². The second-order valence-electron chi connectivity index (χ2n) is 2.08. The largest absolute Gasteiger partial charge is 0.191 e. The molecule has 0 unspecified atom stereocenters. The fourth-order valence-electron chi connectivity index (χ4n) is 0.636. The second kappa shape index (κ2) is 2.09. The van der Waals surface area contributed by atoms with Crippen LogP contribution >= 0.6 is 0 Å². The minimum atomic E-state index is -0.178. The first-order chi connectivity index (χ1) is 4.20. The van der Waals surface area contributed by atoms with Crippen LogP contribution in [0, 0.1) is 19.7 Å². The van der Waals surface area contributed by atoms with E-state index >= 15 is 0 Å². The average molecular weight is 123 g/mol. The highest BCUT2D eigenvalue weighted by atomic mass is 19.1. The molecular weight excluding hydrogens is 115 g/mol. The predicted octanol–water partition coefficient (Wildman–Crippen LogP) is 2.32. The van der Waals surface area contributed by atoms with Gasteiger partial charge in [-0.2, -0.15) is 4.39 Å². The first kappa shape index (κ1) is 6.14. The third-order valence-corrected chi connectivity index (χ3v) is 1.24. The van der Waals surface area contributed by atoms with Crippen LogP contribution in [-0.4, -0.2) is 0 Å². The molecule has 46 valence electrons. The van der Waals surface area contributed by atoms with Gasteiger partial charge in [-0.15, -0.1) is 0 Å². The summed E-state index contributed by atoms with van der Waals surface area (Å²) < 4.78 is 12.5. The monoisotopic (exact) mass is 123 g/mol. The van der Waals surface area contributed by atoms with E-state index in [-0.39, 0.29) is 5.82 Å². The number of aryl methyl sites for hydroxylation is 1. The fraction of sp³-hybridized carbons (Fsp3) is 0.125. The van der Waals surface area contributed by atoms with Gasteiger partial charge in [-0.1, -0.05) is 0 Å². The van der Waals surface area contributed by atoms with Crippen molar-refractivity contribution < 1.29 is 4.39 Å². The first-order valence-corrected chi connectivity index (χ1v) is 2.78. The highest BCUT2D eigenvalue weighted by Crippen LogP contribution is 2.06. The van der Waals surface area contributed by atoms with Gasteiger partial charge in [-0.05, 0) is 6.92 Å². The van der Waals surface area contributed by atoms with Crippen molar-refractivity contribution in [2.45, 2.75) is 6.92 Å². The molecule has 1 aromatic rings. The van der Waals surface area contributed by atoms with Gasteiger partial charge >= 0.3 is 0 Å². The van der Waals surface area contributed by atoms with Crippen LogP contribution in [0.4, 0.5) is 4.39 Å². The van der Waals surface area contributed by atoms with E-state index in [2.05, 4.69) is 6.92 Å². The number of halogens is 1. The molecule has 0 aliphatic rings. The Kier molecular flexibility index (Phi) is 1.43. The maximum atomic E-state index is 12.5. The summed E-state index contributed by atoms with van der Waals surface area (Å²) in [4.78, 5) is 0. The van der Waals surface area contributed by atoms with Crippen LogP contribution in [0.3, 0.4) is 0 Å². The molecule has 0 radical (unpaired) electrons. The van der Waals surface area contributed by atoms with Crippen molar-refractivity contribution >= 4 is 0 Å². The summed E-state index contributed by atoms with van der Waals surface area (Å²) in [5.74, 6) is -0.178. The molecule has 0 saturated heterocycles. The molecule has 0 saturated carbocycles. The first-order valence-electron chi connectivity index (χ1n) is 2.78. The Hall–Kier alpha value is -0.980. The van der Waals surface area contributed by atoms with Crippen molar-refractivity contribution in [1.82, 2.24) is 0 Å². The number of rotatable bonds is 0. The average Bonchev–Trinajstić information content (AvgIpc) is 1.80. The molecule has 1 heteroatoms. The highest BCUT2D eigenvalue weighted by Gasteiger charge is 2.00. The topological polar surface area (TPSA) is 0 Å². The summed E-state index contributed by atoms with van der Waals surface area (Å²) >= 11 is 0. The molecule has 0 spiro atoms. The van der Waals surface area contributed by atoms with E-state index in [0.29, 0.717) is 5.56 Å². The molecule has 0 aromatic heterocycles. The van der Waals surface area contributed by atoms with Gasteiger partial charge in [0, 0.05) is 24.6 Å². The summed E-state index contributed by atoms with van der Waals surface area (Å²) in [5.41, 5.74) is 1.39. The maximum Gasteiger partial charge on any atom is 0.183 e. The van der Waals surface area contributed by atoms with E-state index in [4.69, 9.17) is 0 Å². The molecule has 0 heterocycles. The van der Waals surface area contributed by atoms with E-state index in [1.807, 2.05) is 0 Å². The summed E-state index contributed by atoms with van der Waals surface area (Å²) in [6, 6.07) is 4.94. The van der Waals surface area contributed by atoms with Gasteiger partial charge in [0.05, 0.1) is 6.07 Å². The zero-order valence-corrected chi connectivity index (χ0v) is 5.32. The van der Waals surface area contributed by atoms with Gasteiger partial charge in [0.1, 0.15) is 5.56 Å². The summed E-state index contributed by atoms with van der Waals surface area (Å²) in [6.45, 7) is 5.31. The predicted molar refractivity (Wildman–Crippen MR) is 35.6 cm³/mol. The lowest BCUT2D eigenvalue weighted by Crippen LogP contribution is -1.81. The van der Waals surface area contributed by atoms with E-state index in [9.17, 15) is 4.39 Å². The van der Waals surface area contributed by atoms with E-state index in [1.54, 1.807) is 19.1 Å². The lowest BCUT2D eigenvalue weighted by Gasteiger charge is -1.87. The van der Waals surface area contributed by atoms with Crippen molar-refractivity contribution in [1.29, 1.82) is 0 Å². The number of hydrogen-bond donors (Lipinski definition) is 0. The van der Waals surface area contributed by atoms with Crippen LogP contribution in [0.1, 0.15) is 11.1 Å². The quantitative estimate of drug-likeness (QED) is 0.464. The Morgan fingerprint density at radius 1 is 1.44 bits per heavy atom. The second-order valence-corrected chi connectivity index (χ2v) is 2.08. The third-order valence-electron chi connectivity index (χ3n) is 1.24. The summed E-state index contributed by atoms with van der Waals surface area (Å²) in [7, 11) is 0. The Bertz CT molecular complexity index is 216. The molecule has 0 N–H and O–H groups in total. The normalized spacial score (nSPS) is 9.56. The molecule has 0 aliphatic heterocycles. The molecule has 1 aromatic carbocycles. The molecule has 9 heavy (non-hydrogen) atoms. The molecule has 0 nitrogen and oxygen atoms in total. The minimum absolute atomic E-state index is 0.178. The van der Waals surface area contributed by atoms with Gasteiger partial charge in [0.2, 0.25) is 0 Å². The van der Waals surface area contributed by atoms with Crippen molar-refractivity contribution in [2.24, 2.45) is 0 Å². The van der Waals surface area contributed by atoms with Crippen molar-refractivity contribution in [3.05, 3.63) is 42.1 Å². The minimum Gasteiger partial charge on any atom is -0.191 e. The molecular formula is C8H8F+. The fourth-order valence-corrected chi connectivity index (χ4v) is 0.636. The van der Waals surface area contributed by atoms with Gasteiger partial charge in [-0.25, -0.2) is 0 Å². The molecule has 0 atom stereocenters. The van der Waals surface area contributed by atoms with Crippen molar-refractivity contribution in [3.8, 4) is 0 Å². The van der Waals surface area contributed by atoms with Gasteiger partial charge in [0.25, 0.3) is 0 Å². The zero-order chi connectivity index (χ0) is 6.85. The Labute approximate surface area is 54.3 Å². The van der Waals surface area contributed by atoms with Crippen LogP contribution in [0.5, 0.6) is 0 Å². The molecule has 0 fully saturated rings. The lowest BCUT2D eigenvalue weighted by atomic mass is 10.2. The van der Waals surface area contributed by atoms with Crippen LogP contribution in [0.2, 0.25) is 0 Å². The zero-order valence-electron chi connectivity index (χ0n) is 5.32. The van der Waals surface area contributed by atoms with Gasteiger partial charge in [0.15, 0.2) is 5.82 Å². The summed E-state index contributed by atoms with van der Waals surface area (Å²) in [5, 5.41) is 0. The smallest absolute Gasteiger partial charge is 0.183 e. The molecule has 0 aliphatic carbocycles. The standard InChI is InChI=1S/C8H8F/c1-6-3-4-7(2)8(9)5-6/h3-5H,1H2,2H3/q+1. The van der Waals surface area contributed by atoms with Crippen LogP contribution in [0.25, 0.3) is 0 Å².